The van der Waals surface area contributed by atoms with Gasteiger partial charge in [0.15, 0.2) is 5.82 Å². The highest BCUT2D eigenvalue weighted by molar-refractivity contribution is 5.85. The average molecular weight is 285 g/mol. The molecule has 0 saturated heterocycles. The van der Waals surface area contributed by atoms with E-state index in [2.05, 4.69) is 25.2 Å². The lowest BCUT2D eigenvalue weighted by atomic mass is 10.0. The first-order chi connectivity index (χ1) is 10.1. The summed E-state index contributed by atoms with van der Waals surface area (Å²) < 4.78 is 0. The smallest absolute Gasteiger partial charge is 0.153 e. The lowest BCUT2D eigenvalue weighted by Crippen LogP contribution is -2.57. The van der Waals surface area contributed by atoms with Gasteiger partial charge >= 0.3 is 0 Å². The Morgan fingerprint density at radius 1 is 1.43 bits per heavy atom. The summed E-state index contributed by atoms with van der Waals surface area (Å²) >= 11 is 0. The maximum Gasteiger partial charge on any atom is 0.153 e. The van der Waals surface area contributed by atoms with Crippen LogP contribution < -0.4 is 10.2 Å². The highest BCUT2D eigenvalue weighted by atomic mass is 16.3. The monoisotopic (exact) mass is 285 g/mol. The van der Waals surface area contributed by atoms with Crippen molar-refractivity contribution in [1.29, 1.82) is 0 Å². The van der Waals surface area contributed by atoms with Crippen molar-refractivity contribution < 1.29 is 5.11 Å². The van der Waals surface area contributed by atoms with E-state index in [1.807, 2.05) is 44.5 Å². The third-order valence-corrected chi connectivity index (χ3v) is 3.60. The van der Waals surface area contributed by atoms with E-state index in [-0.39, 0.29) is 12.8 Å². The van der Waals surface area contributed by atoms with Crippen molar-refractivity contribution >= 4 is 23.4 Å². The Hall–Kier alpha value is -2.34. The maximum atomic E-state index is 9.76. The summed E-state index contributed by atoms with van der Waals surface area (Å²) in [5.74, 6) is 0.806. The molecule has 1 atom stereocenters. The largest absolute Gasteiger partial charge is 0.394 e. The number of aliphatic hydroxyl groups excluding tert-OH is 1. The summed E-state index contributed by atoms with van der Waals surface area (Å²) in [5.41, 5.74) is 1.45. The van der Waals surface area contributed by atoms with Gasteiger partial charge in [0.1, 0.15) is 6.17 Å². The van der Waals surface area contributed by atoms with Gasteiger partial charge in [-0.15, -0.1) is 0 Å². The number of aromatic nitrogens is 2. The van der Waals surface area contributed by atoms with Crippen molar-refractivity contribution in [1.82, 2.24) is 9.97 Å². The van der Waals surface area contributed by atoms with Gasteiger partial charge < -0.3 is 20.3 Å². The van der Waals surface area contributed by atoms with Crippen molar-refractivity contribution in [3.8, 4) is 0 Å². The van der Waals surface area contributed by atoms with Crippen LogP contribution in [0.2, 0.25) is 0 Å². The molecule has 2 aromatic heterocycles. The molecule has 0 bridgehead atoms. The quantitative estimate of drug-likeness (QED) is 0.804. The van der Waals surface area contributed by atoms with Crippen LogP contribution in [0.15, 0.2) is 41.8 Å². The van der Waals surface area contributed by atoms with Crippen LogP contribution >= 0.6 is 0 Å². The zero-order valence-corrected chi connectivity index (χ0v) is 12.1. The summed E-state index contributed by atoms with van der Waals surface area (Å²) in [7, 11) is 0. The van der Waals surface area contributed by atoms with Crippen LogP contribution in [0.3, 0.4) is 0 Å². The van der Waals surface area contributed by atoms with E-state index >= 15 is 0 Å². The number of H-pyrrole nitrogens is 1. The van der Waals surface area contributed by atoms with Gasteiger partial charge in [-0.1, -0.05) is 0 Å². The van der Waals surface area contributed by atoms with Gasteiger partial charge in [-0.3, -0.25) is 4.98 Å². The van der Waals surface area contributed by atoms with E-state index in [0.717, 1.165) is 17.2 Å². The molecule has 0 aromatic carbocycles. The lowest BCUT2D eigenvalue weighted by molar-refractivity contribution is 0.210. The molecule has 0 amide bonds. The minimum absolute atomic E-state index is 0.0384. The fourth-order valence-electron chi connectivity index (χ4n) is 2.51. The number of anilines is 2. The third kappa shape index (κ3) is 2.50. The van der Waals surface area contributed by atoms with Crippen LogP contribution in [0.5, 0.6) is 0 Å². The van der Waals surface area contributed by atoms with Crippen molar-refractivity contribution in [3.63, 3.8) is 0 Å². The lowest BCUT2D eigenvalue weighted by Gasteiger charge is -2.44. The fourth-order valence-corrected chi connectivity index (χ4v) is 2.51. The Balaban J connectivity index is 1.95. The molecule has 0 radical (unpaired) electrons. The number of nitrogens with zero attached hydrogens (tertiary/aromatic N) is 3. The van der Waals surface area contributed by atoms with Gasteiger partial charge in [0.2, 0.25) is 0 Å². The molecule has 2 aromatic rings. The van der Waals surface area contributed by atoms with E-state index in [1.54, 1.807) is 12.4 Å². The predicted molar refractivity (Wildman–Crippen MR) is 84.2 cm³/mol. The standard InChI is InChI=1S/C15H19N5O/c1-15(2,10-21)20-12-5-7-17-14(12)18-9-13(20)19-11-4-3-6-16-8-11/h3-9,13,17,19,21H,10H2,1-2H3. The van der Waals surface area contributed by atoms with Gasteiger partial charge in [0.05, 0.1) is 23.5 Å². The van der Waals surface area contributed by atoms with E-state index in [0.29, 0.717) is 0 Å². The van der Waals surface area contributed by atoms with E-state index in [9.17, 15) is 5.11 Å². The van der Waals surface area contributed by atoms with E-state index < -0.39 is 5.54 Å². The van der Waals surface area contributed by atoms with Crippen LogP contribution in [-0.2, 0) is 0 Å². The zero-order valence-electron chi connectivity index (χ0n) is 12.1. The summed E-state index contributed by atoms with van der Waals surface area (Å²) in [6.07, 6.45) is 7.04. The molecular formula is C15H19N5O. The SMILES string of the molecule is CC(C)(CO)N1c2cc[nH]c2N=CC1Nc1cccnc1. The van der Waals surface area contributed by atoms with E-state index in [1.165, 1.54) is 0 Å². The first kappa shape index (κ1) is 13.6. The van der Waals surface area contributed by atoms with Crippen molar-refractivity contribution in [3.05, 3.63) is 36.8 Å². The summed E-state index contributed by atoms with van der Waals surface area (Å²) in [6, 6.07) is 5.81. The Labute approximate surface area is 123 Å². The Morgan fingerprint density at radius 2 is 2.29 bits per heavy atom. The van der Waals surface area contributed by atoms with Crippen LogP contribution in [0, 0.1) is 0 Å². The molecule has 3 rings (SSSR count). The van der Waals surface area contributed by atoms with Crippen molar-refractivity contribution in [2.75, 3.05) is 16.8 Å². The molecule has 1 unspecified atom stereocenters. The molecule has 1 aliphatic heterocycles. The molecule has 3 heterocycles. The Bertz CT molecular complexity index is 635. The number of aliphatic hydroxyl groups is 1. The number of hydrogen-bond donors (Lipinski definition) is 3. The molecule has 110 valence electrons. The minimum atomic E-state index is -0.427. The average Bonchev–Trinajstić information content (AvgIpc) is 2.96. The second kappa shape index (κ2) is 5.21. The molecule has 6 heteroatoms. The van der Waals surface area contributed by atoms with Gasteiger partial charge in [-0.2, -0.15) is 0 Å². The summed E-state index contributed by atoms with van der Waals surface area (Å²) in [6.45, 7) is 4.04. The topological polar surface area (TPSA) is 76.5 Å². The summed E-state index contributed by atoms with van der Waals surface area (Å²) in [5, 5.41) is 13.1. The van der Waals surface area contributed by atoms with Gasteiger partial charge in [0.25, 0.3) is 0 Å². The molecule has 0 spiro atoms. The van der Waals surface area contributed by atoms with Crippen LogP contribution in [0.25, 0.3) is 0 Å². The minimum Gasteiger partial charge on any atom is -0.394 e. The molecule has 1 aliphatic rings. The molecular weight excluding hydrogens is 266 g/mol. The summed E-state index contributed by atoms with van der Waals surface area (Å²) in [4.78, 5) is 13.8. The normalized spacial score (nSPS) is 17.7. The van der Waals surface area contributed by atoms with Crippen LogP contribution in [0.4, 0.5) is 17.2 Å². The number of aliphatic imine (C=N–C) groups is 1. The number of nitrogens with one attached hydrogen (secondary N) is 2. The number of pyridine rings is 1. The van der Waals surface area contributed by atoms with Crippen molar-refractivity contribution in [2.24, 2.45) is 4.99 Å². The maximum absolute atomic E-state index is 9.76. The highest BCUT2D eigenvalue weighted by Gasteiger charge is 2.35. The second-order valence-electron chi connectivity index (χ2n) is 5.66. The van der Waals surface area contributed by atoms with Gasteiger partial charge in [-0.05, 0) is 32.0 Å². The molecule has 6 nitrogen and oxygen atoms in total. The molecule has 21 heavy (non-hydrogen) atoms. The predicted octanol–water partition coefficient (Wildman–Crippen LogP) is 2.14. The van der Waals surface area contributed by atoms with Crippen LogP contribution in [-0.4, -0.2) is 39.6 Å². The third-order valence-electron chi connectivity index (χ3n) is 3.60. The second-order valence-corrected chi connectivity index (χ2v) is 5.66. The first-order valence-corrected chi connectivity index (χ1v) is 6.90. The van der Waals surface area contributed by atoms with Gasteiger partial charge in [-0.25, -0.2) is 4.99 Å². The number of rotatable bonds is 4. The first-order valence-electron chi connectivity index (χ1n) is 6.90. The fraction of sp³-hybridized carbons (Fsp3) is 0.333. The zero-order chi connectivity index (χ0) is 14.9. The van der Waals surface area contributed by atoms with Gasteiger partial charge in [0, 0.05) is 24.8 Å². The highest BCUT2D eigenvalue weighted by Crippen LogP contribution is 2.36. The number of fused-ring (bicyclic) bond motifs is 1. The Kier molecular flexibility index (Phi) is 3.39. The molecule has 3 N–H and O–H groups in total. The molecule has 0 aliphatic carbocycles. The van der Waals surface area contributed by atoms with Crippen molar-refractivity contribution in [2.45, 2.75) is 25.6 Å². The van der Waals surface area contributed by atoms with E-state index in [4.69, 9.17) is 0 Å². The number of hydrogen-bond acceptors (Lipinski definition) is 5. The molecule has 0 fully saturated rings. The van der Waals surface area contributed by atoms with Crippen LogP contribution in [0.1, 0.15) is 13.8 Å². The molecule has 0 saturated carbocycles. The Morgan fingerprint density at radius 3 is 3.00 bits per heavy atom. The number of aromatic amines is 1.